The first-order chi connectivity index (χ1) is 4.56. The second-order valence-corrected chi connectivity index (χ2v) is 3.92. The summed E-state index contributed by atoms with van der Waals surface area (Å²) in [6.07, 6.45) is 3.57. The zero-order valence-electron chi connectivity index (χ0n) is 7.71. The van der Waals surface area contributed by atoms with E-state index in [0.29, 0.717) is 6.42 Å². The molecule has 1 radical (unpaired) electrons. The van der Waals surface area contributed by atoms with Crippen LogP contribution in [0.25, 0.3) is 0 Å². The van der Waals surface area contributed by atoms with Gasteiger partial charge in [-0.05, 0) is 6.42 Å². The predicted octanol–water partition coefficient (Wildman–Crippen LogP) is 0.249. The molecule has 0 aliphatic heterocycles. The van der Waals surface area contributed by atoms with Crippen LogP contribution in [0.4, 0.5) is 0 Å². The largest absolute Gasteiger partial charge is 0.412 e. The molecule has 0 atom stereocenters. The molecule has 71 valence electrons. The molecule has 0 aromatic heterocycles. The fraction of sp³-hybridized carbons (Fsp3) is 1.00. The Hall–Kier alpha value is 0.870. The zero-order valence-corrected chi connectivity index (χ0v) is 10.5. The third kappa shape index (κ3) is 17.1. The van der Waals surface area contributed by atoms with E-state index in [1.54, 1.807) is 0 Å². The van der Waals surface area contributed by atoms with Crippen LogP contribution in [0.3, 0.4) is 0 Å². The van der Waals surface area contributed by atoms with E-state index in [1.807, 2.05) is 6.92 Å². The molecule has 0 aromatic rings. The van der Waals surface area contributed by atoms with Crippen molar-refractivity contribution in [1.29, 1.82) is 0 Å². The summed E-state index contributed by atoms with van der Waals surface area (Å²) in [5.41, 5.74) is 0. The summed E-state index contributed by atoms with van der Waals surface area (Å²) in [4.78, 5) is 0. The van der Waals surface area contributed by atoms with Crippen molar-refractivity contribution in [1.82, 2.24) is 0 Å². The number of hydrogen-bond donors (Lipinski definition) is 1. The Morgan fingerprint density at radius 2 is 1.67 bits per heavy atom. The standard InChI is InChI=1S/C6H14O3S.Na.H2O/c1-2-3-4-5-6-10(7,8)9;;/h2-6H2,1H3,(H,7,8,9);;1H2. The Balaban J connectivity index is -0.000000405. The third-order valence-electron chi connectivity index (χ3n) is 1.26. The summed E-state index contributed by atoms with van der Waals surface area (Å²) >= 11 is 0. The van der Waals surface area contributed by atoms with E-state index in [1.165, 1.54) is 0 Å². The van der Waals surface area contributed by atoms with Crippen LogP contribution in [0, 0.1) is 0 Å². The molecule has 0 aromatic carbocycles. The van der Waals surface area contributed by atoms with Gasteiger partial charge in [-0.3, -0.25) is 4.55 Å². The summed E-state index contributed by atoms with van der Waals surface area (Å²) in [6.45, 7) is 2.05. The molecule has 0 spiro atoms. The molecule has 0 fully saturated rings. The summed E-state index contributed by atoms with van der Waals surface area (Å²) in [5, 5.41) is 0. The van der Waals surface area contributed by atoms with E-state index in [9.17, 15) is 8.42 Å². The van der Waals surface area contributed by atoms with Crippen LogP contribution in [-0.4, -0.2) is 53.8 Å². The van der Waals surface area contributed by atoms with Gasteiger partial charge in [0.1, 0.15) is 0 Å². The summed E-state index contributed by atoms with van der Waals surface area (Å²) in [7, 11) is -3.70. The van der Waals surface area contributed by atoms with Gasteiger partial charge >= 0.3 is 0 Å². The molecule has 4 nitrogen and oxygen atoms in total. The third-order valence-corrected chi connectivity index (χ3v) is 2.06. The van der Waals surface area contributed by atoms with Gasteiger partial charge in [0.15, 0.2) is 0 Å². The van der Waals surface area contributed by atoms with Crippen LogP contribution >= 0.6 is 0 Å². The first kappa shape index (κ1) is 18.6. The monoisotopic (exact) mass is 207 g/mol. The maximum Gasteiger partial charge on any atom is 0.264 e. The Morgan fingerprint density at radius 1 is 1.17 bits per heavy atom. The van der Waals surface area contributed by atoms with E-state index in [-0.39, 0.29) is 40.8 Å². The van der Waals surface area contributed by atoms with Crippen LogP contribution in [0.5, 0.6) is 0 Å². The predicted molar refractivity (Wildman–Crippen MR) is 49.9 cm³/mol. The molecule has 12 heavy (non-hydrogen) atoms. The number of rotatable bonds is 5. The van der Waals surface area contributed by atoms with E-state index in [0.717, 1.165) is 19.3 Å². The van der Waals surface area contributed by atoms with Gasteiger partial charge in [0, 0.05) is 29.6 Å². The number of hydrogen-bond acceptors (Lipinski definition) is 2. The Labute approximate surface area is 96.1 Å². The minimum Gasteiger partial charge on any atom is -0.412 e. The first-order valence-electron chi connectivity index (χ1n) is 3.51. The fourth-order valence-electron chi connectivity index (χ4n) is 0.711. The number of unbranched alkanes of at least 4 members (excludes halogenated alkanes) is 3. The van der Waals surface area contributed by atoms with Crippen molar-refractivity contribution < 1.29 is 18.4 Å². The van der Waals surface area contributed by atoms with Crippen LogP contribution in [0.2, 0.25) is 0 Å². The van der Waals surface area contributed by atoms with Crippen LogP contribution in [0.1, 0.15) is 32.6 Å². The van der Waals surface area contributed by atoms with Crippen LogP contribution in [0.15, 0.2) is 0 Å². The van der Waals surface area contributed by atoms with E-state index >= 15 is 0 Å². The average molecular weight is 207 g/mol. The Bertz CT molecular complexity index is 166. The molecule has 0 aliphatic carbocycles. The first-order valence-corrected chi connectivity index (χ1v) is 5.12. The smallest absolute Gasteiger partial charge is 0.264 e. The molecular weight excluding hydrogens is 191 g/mol. The molecule has 6 heteroatoms. The molecule has 0 aliphatic rings. The minimum absolute atomic E-state index is 0. The summed E-state index contributed by atoms with van der Waals surface area (Å²) < 4.78 is 28.6. The topological polar surface area (TPSA) is 85.9 Å². The van der Waals surface area contributed by atoms with E-state index in [2.05, 4.69) is 0 Å². The van der Waals surface area contributed by atoms with Crippen molar-refractivity contribution in [2.45, 2.75) is 32.6 Å². The second-order valence-electron chi connectivity index (χ2n) is 2.35. The molecule has 3 N–H and O–H groups in total. The quantitative estimate of drug-likeness (QED) is 0.398. The molecular formula is C6H16NaO4S. The van der Waals surface area contributed by atoms with Gasteiger partial charge in [-0.15, -0.1) is 0 Å². The van der Waals surface area contributed by atoms with Crippen molar-refractivity contribution in [3.05, 3.63) is 0 Å². The Morgan fingerprint density at radius 3 is 2.00 bits per heavy atom. The second kappa shape index (κ2) is 9.95. The van der Waals surface area contributed by atoms with Crippen molar-refractivity contribution in [2.75, 3.05) is 5.75 Å². The molecule has 0 amide bonds. The van der Waals surface area contributed by atoms with Gasteiger partial charge < -0.3 is 5.48 Å². The zero-order chi connectivity index (χ0) is 8.04. The van der Waals surface area contributed by atoms with Crippen LogP contribution in [-0.2, 0) is 10.1 Å². The van der Waals surface area contributed by atoms with E-state index < -0.39 is 10.1 Å². The average Bonchev–Trinajstić information content (AvgIpc) is 1.78. The summed E-state index contributed by atoms with van der Waals surface area (Å²) in [6, 6.07) is 0. The van der Waals surface area contributed by atoms with Crippen molar-refractivity contribution >= 4 is 39.7 Å². The molecule has 0 unspecified atom stereocenters. The maximum atomic E-state index is 10.1. The SMILES string of the molecule is CCCCCCS(=O)(=O)O.O.[Na]. The molecule has 0 rings (SSSR count). The summed E-state index contributed by atoms with van der Waals surface area (Å²) in [5.74, 6) is -0.0903. The van der Waals surface area contributed by atoms with Crippen molar-refractivity contribution in [3.8, 4) is 0 Å². The molecule has 0 saturated heterocycles. The van der Waals surface area contributed by atoms with Gasteiger partial charge in [0.25, 0.3) is 10.1 Å². The van der Waals surface area contributed by atoms with Gasteiger partial charge in [-0.1, -0.05) is 26.2 Å². The minimum atomic E-state index is -3.70. The molecule has 0 heterocycles. The van der Waals surface area contributed by atoms with Crippen molar-refractivity contribution in [3.63, 3.8) is 0 Å². The maximum absolute atomic E-state index is 10.1. The van der Waals surface area contributed by atoms with Gasteiger partial charge in [0.05, 0.1) is 5.75 Å². The molecule has 0 bridgehead atoms. The fourth-order valence-corrected chi connectivity index (χ4v) is 1.28. The van der Waals surface area contributed by atoms with Crippen molar-refractivity contribution in [2.24, 2.45) is 0 Å². The van der Waals surface area contributed by atoms with E-state index in [4.69, 9.17) is 4.55 Å². The van der Waals surface area contributed by atoms with Crippen LogP contribution < -0.4 is 0 Å². The van der Waals surface area contributed by atoms with Gasteiger partial charge in [0.2, 0.25) is 0 Å². The Kier molecular flexibility index (Phi) is 15.4. The van der Waals surface area contributed by atoms with Gasteiger partial charge in [-0.2, -0.15) is 8.42 Å². The normalized spacial score (nSPS) is 9.83. The molecule has 0 saturated carbocycles. The van der Waals surface area contributed by atoms with Gasteiger partial charge in [-0.25, -0.2) is 0 Å².